The number of hydrogen-bond acceptors (Lipinski definition) is 5. The molecule has 2 rings (SSSR count). The molecular weight excluding hydrogens is 220 g/mol. The summed E-state index contributed by atoms with van der Waals surface area (Å²) in [7, 11) is 1.66. The van der Waals surface area contributed by atoms with Crippen molar-refractivity contribution in [3.05, 3.63) is 36.2 Å². The molecule has 17 heavy (non-hydrogen) atoms. The Morgan fingerprint density at radius 3 is 3.06 bits per heavy atom. The molecule has 0 unspecified atom stereocenters. The summed E-state index contributed by atoms with van der Waals surface area (Å²) >= 11 is 0. The number of rotatable bonds is 3. The summed E-state index contributed by atoms with van der Waals surface area (Å²) in [6.07, 6.45) is 4.39. The van der Waals surface area contributed by atoms with Crippen LogP contribution in [0.3, 0.4) is 0 Å². The maximum atomic E-state index is 12.0. The number of H-pyrrole nitrogens is 1. The van der Waals surface area contributed by atoms with E-state index in [1.807, 2.05) is 0 Å². The Bertz CT molecular complexity index is 509. The van der Waals surface area contributed by atoms with E-state index >= 15 is 0 Å². The molecule has 1 amide bonds. The van der Waals surface area contributed by atoms with Crippen molar-refractivity contribution in [2.45, 2.75) is 6.54 Å². The zero-order valence-electron chi connectivity index (χ0n) is 9.29. The number of nitrogens with zero attached hydrogens (tertiary/aromatic N) is 4. The third-order valence-corrected chi connectivity index (χ3v) is 2.28. The Hall–Kier alpha value is -2.44. The lowest BCUT2D eigenvalue weighted by molar-refractivity contribution is 0.0782. The Kier molecular flexibility index (Phi) is 2.99. The molecule has 0 atom stereocenters. The summed E-state index contributed by atoms with van der Waals surface area (Å²) in [4.78, 5) is 21.4. The van der Waals surface area contributed by atoms with Crippen LogP contribution in [0.15, 0.2) is 24.8 Å². The first-order valence-electron chi connectivity index (χ1n) is 4.97. The number of nitrogens with two attached hydrogens (primary N) is 1. The van der Waals surface area contributed by atoms with Gasteiger partial charge in [-0.1, -0.05) is 0 Å². The molecule has 0 aliphatic rings. The van der Waals surface area contributed by atoms with E-state index in [2.05, 4.69) is 20.2 Å². The van der Waals surface area contributed by atoms with Crippen LogP contribution in [-0.4, -0.2) is 38.0 Å². The topological polar surface area (TPSA) is 101 Å². The number of hydrogen-bond donors (Lipinski definition) is 2. The standard InChI is InChI=1S/C10H12N6O/c1-16(5-9-13-6-14-15-9)10(17)7-4-12-3-2-8(7)11/h2-4,6H,5H2,1H3,(H2,11,12)(H,13,14,15). The van der Waals surface area contributed by atoms with E-state index in [0.29, 0.717) is 23.6 Å². The molecule has 0 spiro atoms. The van der Waals surface area contributed by atoms with Gasteiger partial charge in [-0.2, -0.15) is 5.10 Å². The Morgan fingerprint density at radius 2 is 2.41 bits per heavy atom. The molecule has 0 saturated carbocycles. The number of anilines is 1. The maximum absolute atomic E-state index is 12.0. The SMILES string of the molecule is CN(Cc1ncn[nH]1)C(=O)c1cnccc1N. The van der Waals surface area contributed by atoms with Crippen LogP contribution in [0.1, 0.15) is 16.2 Å². The van der Waals surface area contributed by atoms with Crippen LogP contribution in [0.5, 0.6) is 0 Å². The van der Waals surface area contributed by atoms with Crippen LogP contribution < -0.4 is 5.73 Å². The number of carbonyl (C=O) groups is 1. The molecule has 0 aromatic carbocycles. The minimum absolute atomic E-state index is 0.202. The van der Waals surface area contributed by atoms with Gasteiger partial charge in [0.1, 0.15) is 12.2 Å². The predicted molar refractivity (Wildman–Crippen MR) is 60.8 cm³/mol. The van der Waals surface area contributed by atoms with Gasteiger partial charge in [0.2, 0.25) is 0 Å². The lowest BCUT2D eigenvalue weighted by Crippen LogP contribution is -2.27. The Labute approximate surface area is 97.7 Å². The fourth-order valence-electron chi connectivity index (χ4n) is 1.39. The summed E-state index contributed by atoms with van der Waals surface area (Å²) in [6, 6.07) is 1.59. The van der Waals surface area contributed by atoms with Gasteiger partial charge in [-0.25, -0.2) is 4.98 Å². The molecule has 0 bridgehead atoms. The van der Waals surface area contributed by atoms with Gasteiger partial charge in [0.25, 0.3) is 5.91 Å². The van der Waals surface area contributed by atoms with E-state index in [0.717, 1.165) is 0 Å². The second kappa shape index (κ2) is 4.60. The minimum Gasteiger partial charge on any atom is -0.398 e. The van der Waals surface area contributed by atoms with Crippen molar-refractivity contribution in [3.63, 3.8) is 0 Å². The van der Waals surface area contributed by atoms with Crippen molar-refractivity contribution in [2.24, 2.45) is 0 Å². The van der Waals surface area contributed by atoms with E-state index in [9.17, 15) is 4.79 Å². The first-order valence-corrected chi connectivity index (χ1v) is 4.97. The molecule has 7 nitrogen and oxygen atoms in total. The molecule has 2 aromatic rings. The van der Waals surface area contributed by atoms with Crippen LogP contribution in [0.2, 0.25) is 0 Å². The fraction of sp³-hybridized carbons (Fsp3) is 0.200. The van der Waals surface area contributed by atoms with Crippen LogP contribution in [-0.2, 0) is 6.54 Å². The predicted octanol–water partition coefficient (Wildman–Crippen LogP) is 0.0541. The smallest absolute Gasteiger partial charge is 0.257 e. The summed E-state index contributed by atoms with van der Waals surface area (Å²) in [5.74, 6) is 0.412. The lowest BCUT2D eigenvalue weighted by atomic mass is 10.2. The van der Waals surface area contributed by atoms with Gasteiger partial charge in [0.05, 0.1) is 12.1 Å². The minimum atomic E-state index is -0.202. The number of carbonyl (C=O) groups excluding carboxylic acids is 1. The molecule has 0 aliphatic heterocycles. The quantitative estimate of drug-likeness (QED) is 0.778. The summed E-state index contributed by atoms with van der Waals surface area (Å²) in [6.45, 7) is 0.340. The Balaban J connectivity index is 2.13. The van der Waals surface area contributed by atoms with Crippen molar-refractivity contribution < 1.29 is 4.79 Å². The molecule has 7 heteroatoms. The highest BCUT2D eigenvalue weighted by Crippen LogP contribution is 2.11. The molecule has 0 fully saturated rings. The molecule has 0 saturated heterocycles. The average molecular weight is 232 g/mol. The number of pyridine rings is 1. The molecule has 88 valence electrons. The van der Waals surface area contributed by atoms with Gasteiger partial charge >= 0.3 is 0 Å². The van der Waals surface area contributed by atoms with Crippen molar-refractivity contribution >= 4 is 11.6 Å². The zero-order chi connectivity index (χ0) is 12.3. The number of nitrogen functional groups attached to an aromatic ring is 1. The summed E-state index contributed by atoms with van der Waals surface area (Å²) in [5.41, 5.74) is 6.50. The van der Waals surface area contributed by atoms with E-state index in [1.165, 1.54) is 17.4 Å². The number of nitrogens with one attached hydrogen (secondary N) is 1. The number of amides is 1. The van der Waals surface area contributed by atoms with Crippen LogP contribution in [0, 0.1) is 0 Å². The van der Waals surface area contributed by atoms with Crippen LogP contribution in [0.4, 0.5) is 5.69 Å². The van der Waals surface area contributed by atoms with Crippen molar-refractivity contribution in [3.8, 4) is 0 Å². The van der Waals surface area contributed by atoms with Gasteiger partial charge in [0.15, 0.2) is 0 Å². The Morgan fingerprint density at radius 1 is 1.59 bits per heavy atom. The average Bonchev–Trinajstić information content (AvgIpc) is 2.81. The van der Waals surface area contributed by atoms with E-state index < -0.39 is 0 Å². The lowest BCUT2D eigenvalue weighted by Gasteiger charge is -2.16. The van der Waals surface area contributed by atoms with Gasteiger partial charge in [0, 0.05) is 25.1 Å². The number of aromatic amines is 1. The molecule has 0 radical (unpaired) electrons. The van der Waals surface area contributed by atoms with E-state index in [1.54, 1.807) is 19.3 Å². The molecular formula is C10H12N6O. The van der Waals surface area contributed by atoms with Gasteiger partial charge in [-0.15, -0.1) is 0 Å². The third kappa shape index (κ3) is 2.39. The summed E-state index contributed by atoms with van der Waals surface area (Å²) in [5, 5.41) is 6.40. The highest BCUT2D eigenvalue weighted by molar-refractivity contribution is 5.98. The van der Waals surface area contributed by atoms with Crippen molar-refractivity contribution in [1.29, 1.82) is 0 Å². The second-order valence-corrected chi connectivity index (χ2v) is 3.56. The first-order chi connectivity index (χ1) is 8.18. The van der Waals surface area contributed by atoms with Crippen molar-refractivity contribution in [1.82, 2.24) is 25.1 Å². The van der Waals surface area contributed by atoms with E-state index in [-0.39, 0.29) is 5.91 Å². The normalized spacial score (nSPS) is 10.2. The third-order valence-electron chi connectivity index (χ3n) is 2.28. The van der Waals surface area contributed by atoms with Gasteiger partial charge in [-0.05, 0) is 6.07 Å². The van der Waals surface area contributed by atoms with Gasteiger partial charge < -0.3 is 10.6 Å². The van der Waals surface area contributed by atoms with Crippen LogP contribution >= 0.6 is 0 Å². The van der Waals surface area contributed by atoms with Crippen LogP contribution in [0.25, 0.3) is 0 Å². The number of aromatic nitrogens is 4. The molecule has 2 aromatic heterocycles. The maximum Gasteiger partial charge on any atom is 0.257 e. The second-order valence-electron chi connectivity index (χ2n) is 3.56. The largest absolute Gasteiger partial charge is 0.398 e. The van der Waals surface area contributed by atoms with E-state index in [4.69, 9.17) is 5.73 Å². The molecule has 3 N–H and O–H groups in total. The zero-order valence-corrected chi connectivity index (χ0v) is 9.29. The van der Waals surface area contributed by atoms with Gasteiger partial charge in [-0.3, -0.25) is 14.9 Å². The molecule has 0 aliphatic carbocycles. The highest BCUT2D eigenvalue weighted by atomic mass is 16.2. The van der Waals surface area contributed by atoms with Crippen molar-refractivity contribution in [2.75, 3.05) is 12.8 Å². The monoisotopic (exact) mass is 232 g/mol. The molecule has 2 heterocycles. The fourth-order valence-corrected chi connectivity index (χ4v) is 1.39. The first kappa shape index (κ1) is 11.1. The highest BCUT2D eigenvalue weighted by Gasteiger charge is 2.15. The summed E-state index contributed by atoms with van der Waals surface area (Å²) < 4.78 is 0.